The van der Waals surface area contributed by atoms with Crippen molar-refractivity contribution in [3.05, 3.63) is 41.5 Å². The molecule has 2 heterocycles. The molecular weight excluding hydrogens is 708 g/mol. The highest BCUT2D eigenvalue weighted by molar-refractivity contribution is 5.86. The van der Waals surface area contributed by atoms with Crippen molar-refractivity contribution in [2.75, 3.05) is 20.3 Å². The Hall–Kier alpha value is -4.17. The number of hydrogen-bond donors (Lipinski definition) is 4. The summed E-state index contributed by atoms with van der Waals surface area (Å²) in [7, 11) is 1.65. The molecule has 14 nitrogen and oxygen atoms in total. The first-order valence-electron chi connectivity index (χ1n) is 19.9. The van der Waals surface area contributed by atoms with Crippen LogP contribution in [-0.2, 0) is 38.1 Å². The van der Waals surface area contributed by atoms with Crippen LogP contribution in [0.2, 0.25) is 0 Å². The van der Waals surface area contributed by atoms with Crippen molar-refractivity contribution in [3.63, 3.8) is 0 Å². The third kappa shape index (κ3) is 7.32. The Bertz CT molecular complexity index is 1710. The predicted molar refractivity (Wildman–Crippen MR) is 199 cm³/mol. The standard InChI is InChI=1S/C41H56N4O10/c1-39-16-14-27(53-33(47)13-12-32(46)45-30(36(49)50)5-4-18-44-38(42)43)20-25(39)8-11-29-28(39)15-17-40(2)35(24-19-34(48)52-22-24)31-21-41(29,40)55-37(54-31)23-6-9-26(51-3)10-7-23/h6-7,9-10,19,25,27-31,35,37H,4-5,8,11-18,20-22H2,1-3H3,(H,45,46)(H,49,50)(H4,42,43,44)/t25-,27+,28+,29-,30+,31+,35+,37?,39+,40-,41+/m1/s1. The van der Waals surface area contributed by atoms with E-state index in [0.29, 0.717) is 30.8 Å². The number of fused-ring (bicyclic) bond motifs is 4. The molecule has 2 aliphatic heterocycles. The fourth-order valence-corrected chi connectivity index (χ4v) is 11.7. The van der Waals surface area contributed by atoms with Gasteiger partial charge < -0.3 is 45.6 Å². The number of rotatable bonds is 13. The van der Waals surface area contributed by atoms with E-state index < -0.39 is 35.8 Å². The molecule has 6 aliphatic rings. The molecule has 1 saturated heterocycles. The van der Waals surface area contributed by atoms with Gasteiger partial charge in [-0.3, -0.25) is 14.6 Å². The molecule has 11 atom stereocenters. The lowest BCUT2D eigenvalue weighted by Gasteiger charge is -2.65. The maximum atomic E-state index is 13.0. The first-order chi connectivity index (χ1) is 26.3. The van der Waals surface area contributed by atoms with Crippen LogP contribution in [0, 0.1) is 34.5 Å². The van der Waals surface area contributed by atoms with E-state index in [9.17, 15) is 24.3 Å². The number of carbonyl (C=O) groups excluding carboxylic acids is 3. The Morgan fingerprint density at radius 3 is 2.53 bits per heavy atom. The maximum Gasteiger partial charge on any atom is 0.331 e. The molecule has 1 unspecified atom stereocenters. The summed E-state index contributed by atoms with van der Waals surface area (Å²) in [6.45, 7) is 5.34. The summed E-state index contributed by atoms with van der Waals surface area (Å²) in [5.74, 6) is -0.646. The van der Waals surface area contributed by atoms with Gasteiger partial charge in [-0.05, 0) is 98.7 Å². The summed E-state index contributed by atoms with van der Waals surface area (Å²) in [6, 6.07) is 6.80. The number of cyclic esters (lactones) is 1. The number of carbonyl (C=O) groups is 4. The highest BCUT2D eigenvalue weighted by Crippen LogP contribution is 2.73. The molecule has 6 N–H and O–H groups in total. The minimum absolute atomic E-state index is 0.0110. The lowest BCUT2D eigenvalue weighted by molar-refractivity contribution is -0.319. The minimum Gasteiger partial charge on any atom is -0.497 e. The fourth-order valence-electron chi connectivity index (χ4n) is 11.7. The molecule has 0 radical (unpaired) electrons. The van der Waals surface area contributed by atoms with Crippen LogP contribution < -0.4 is 21.5 Å². The molecule has 4 aliphatic carbocycles. The second-order valence-corrected chi connectivity index (χ2v) is 17.0. The topological polar surface area (TPSA) is 211 Å². The predicted octanol–water partition coefficient (Wildman–Crippen LogP) is 4.30. The highest BCUT2D eigenvalue weighted by Gasteiger charge is 2.74. The molecule has 1 spiro atoms. The van der Waals surface area contributed by atoms with Crippen molar-refractivity contribution < 1.29 is 48.0 Å². The number of carboxylic acid groups (broad SMARTS) is 1. The van der Waals surface area contributed by atoms with Gasteiger partial charge in [-0.2, -0.15) is 0 Å². The number of guanidine groups is 1. The van der Waals surface area contributed by atoms with Crippen molar-refractivity contribution >= 4 is 29.8 Å². The number of benzene rings is 1. The molecule has 1 aromatic rings. The molecule has 14 heteroatoms. The number of nitrogens with one attached hydrogen (secondary N) is 1. The average Bonchev–Trinajstić information content (AvgIpc) is 3.65. The van der Waals surface area contributed by atoms with Crippen molar-refractivity contribution in [2.45, 2.75) is 121 Å². The number of nitrogens with two attached hydrogens (primary N) is 2. The van der Waals surface area contributed by atoms with Gasteiger partial charge in [0.15, 0.2) is 12.2 Å². The largest absolute Gasteiger partial charge is 0.497 e. The summed E-state index contributed by atoms with van der Waals surface area (Å²) in [4.78, 5) is 53.4. The second-order valence-electron chi connectivity index (χ2n) is 17.0. The third-order valence-electron chi connectivity index (χ3n) is 14.3. The molecule has 5 fully saturated rings. The van der Waals surface area contributed by atoms with Gasteiger partial charge in [0.05, 0.1) is 25.2 Å². The number of ether oxygens (including phenoxy) is 5. The summed E-state index contributed by atoms with van der Waals surface area (Å²) >= 11 is 0. The minimum atomic E-state index is -1.16. The summed E-state index contributed by atoms with van der Waals surface area (Å²) < 4.78 is 31.0. The molecule has 2 bridgehead atoms. The summed E-state index contributed by atoms with van der Waals surface area (Å²) in [6.07, 6.45) is 8.22. The van der Waals surface area contributed by atoms with Crippen molar-refractivity contribution in [1.82, 2.24) is 5.32 Å². The van der Waals surface area contributed by atoms with Gasteiger partial charge in [0.1, 0.15) is 24.5 Å². The normalized spacial score (nSPS) is 36.5. The van der Waals surface area contributed by atoms with E-state index >= 15 is 0 Å². The molecule has 300 valence electrons. The summed E-state index contributed by atoms with van der Waals surface area (Å²) in [5.41, 5.74) is 11.9. The Balaban J connectivity index is 1.01. The van der Waals surface area contributed by atoms with Crippen molar-refractivity contribution in [3.8, 4) is 5.75 Å². The van der Waals surface area contributed by atoms with E-state index in [-0.39, 0.29) is 66.7 Å². The van der Waals surface area contributed by atoms with Gasteiger partial charge in [0, 0.05) is 42.4 Å². The monoisotopic (exact) mass is 764 g/mol. The molecular formula is C41H56N4O10. The average molecular weight is 765 g/mol. The number of nitrogens with zero attached hydrogens (tertiary/aromatic N) is 1. The number of esters is 2. The highest BCUT2D eigenvalue weighted by atomic mass is 16.7. The second kappa shape index (κ2) is 15.4. The van der Waals surface area contributed by atoms with Crippen LogP contribution in [0.5, 0.6) is 5.75 Å². The molecule has 55 heavy (non-hydrogen) atoms. The van der Waals surface area contributed by atoms with Gasteiger partial charge in [0.2, 0.25) is 5.91 Å². The van der Waals surface area contributed by atoms with Gasteiger partial charge in [0.25, 0.3) is 0 Å². The van der Waals surface area contributed by atoms with E-state index in [4.69, 9.17) is 35.2 Å². The molecule has 1 amide bonds. The fraction of sp³-hybridized carbons (Fsp3) is 0.683. The number of aliphatic carboxylic acids is 1. The van der Waals surface area contributed by atoms with Crippen LogP contribution in [0.15, 0.2) is 40.9 Å². The van der Waals surface area contributed by atoms with E-state index in [0.717, 1.165) is 68.3 Å². The van der Waals surface area contributed by atoms with E-state index in [1.54, 1.807) is 13.2 Å². The third-order valence-corrected chi connectivity index (χ3v) is 14.3. The zero-order valence-corrected chi connectivity index (χ0v) is 32.1. The SMILES string of the molecule is COc1ccc(C2O[C@H]3C[C@]4(O2)[C@@H]2CC[C@@H]5C[C@@H](OC(=O)CCC(=O)N[C@@H](CCCN=C(N)N)C(=O)O)CC[C@]5(C)[C@H]2CC[C@]4(C)[C@H]3C2=CC(=O)OC2)cc1. The quantitative estimate of drug-likeness (QED) is 0.0959. The first-order valence-corrected chi connectivity index (χ1v) is 19.9. The molecule has 7 rings (SSSR count). The van der Waals surface area contributed by atoms with Crippen LogP contribution in [-0.4, -0.2) is 79.0 Å². The number of aliphatic imine (C=N–C) groups is 1. The lowest BCUT2D eigenvalue weighted by atomic mass is 9.43. The molecule has 4 saturated carbocycles. The van der Waals surface area contributed by atoms with E-state index in [1.165, 1.54) is 0 Å². The van der Waals surface area contributed by atoms with Crippen LogP contribution in [0.4, 0.5) is 0 Å². The number of methoxy groups -OCH3 is 1. The zero-order valence-electron chi connectivity index (χ0n) is 32.1. The van der Waals surface area contributed by atoms with E-state index in [2.05, 4.69) is 24.2 Å². The first kappa shape index (κ1) is 39.1. The van der Waals surface area contributed by atoms with Crippen LogP contribution in [0.25, 0.3) is 0 Å². The Morgan fingerprint density at radius 1 is 1.05 bits per heavy atom. The zero-order chi connectivity index (χ0) is 39.1. The van der Waals surface area contributed by atoms with E-state index in [1.807, 2.05) is 24.3 Å². The van der Waals surface area contributed by atoms with Gasteiger partial charge >= 0.3 is 17.9 Å². The van der Waals surface area contributed by atoms with Crippen LogP contribution >= 0.6 is 0 Å². The van der Waals surface area contributed by atoms with Crippen LogP contribution in [0.1, 0.15) is 103 Å². The van der Waals surface area contributed by atoms with Crippen molar-refractivity contribution in [1.29, 1.82) is 0 Å². The number of hydrogen-bond acceptors (Lipinski definition) is 10. The molecule has 1 aromatic carbocycles. The number of amides is 1. The Labute approximate surface area is 322 Å². The number of carboxylic acids is 1. The molecule has 0 aromatic heterocycles. The van der Waals surface area contributed by atoms with Crippen molar-refractivity contribution in [2.24, 2.45) is 51.0 Å². The summed E-state index contributed by atoms with van der Waals surface area (Å²) in [5, 5.41) is 12.0. The lowest BCUT2D eigenvalue weighted by Crippen LogP contribution is -2.63. The Morgan fingerprint density at radius 2 is 1.84 bits per heavy atom. The Kier molecular flexibility index (Phi) is 10.9. The van der Waals surface area contributed by atoms with Gasteiger partial charge in [-0.25, -0.2) is 9.59 Å². The van der Waals surface area contributed by atoms with Crippen LogP contribution in [0.3, 0.4) is 0 Å². The van der Waals surface area contributed by atoms with Gasteiger partial charge in [-0.1, -0.05) is 26.0 Å². The maximum absolute atomic E-state index is 13.0. The van der Waals surface area contributed by atoms with Gasteiger partial charge in [-0.15, -0.1) is 0 Å². The smallest absolute Gasteiger partial charge is 0.331 e.